The minimum atomic E-state index is -2.08. The fraction of sp³-hybridized carbons (Fsp3) is 0.385. The van der Waals surface area contributed by atoms with Crippen molar-refractivity contribution < 1.29 is 18.3 Å². The molecule has 1 saturated carbocycles. The van der Waals surface area contributed by atoms with Gasteiger partial charge in [0.05, 0.1) is 24.4 Å². The lowest BCUT2D eigenvalue weighted by atomic mass is 9.84. The number of imidazole rings is 1. The monoisotopic (exact) mass is 506 g/mol. The van der Waals surface area contributed by atoms with Gasteiger partial charge in [0.1, 0.15) is 23.4 Å². The summed E-state index contributed by atoms with van der Waals surface area (Å²) in [6.45, 7) is 2.17. The zero-order chi connectivity index (χ0) is 25.5. The third-order valence-corrected chi connectivity index (χ3v) is 7.07. The quantitative estimate of drug-likeness (QED) is 0.298. The third kappa shape index (κ3) is 5.80. The first-order chi connectivity index (χ1) is 17.5. The van der Waals surface area contributed by atoms with Crippen LogP contribution < -0.4 is 0 Å². The molecule has 1 atom stereocenters. The Morgan fingerprint density at radius 3 is 2.64 bits per heavy atom. The number of carbonyl (C=O) groups excluding carboxylic acids is 1. The standard InChI is InChI=1S/C20H23N5O2.C6H6O2S/c1-2-27-18(26)11-17-24-16-12-23-20-15(8-10-22-20)19(16)25(17)14-5-3-13(4-6-14)7-9-21;7-9(8)6-4-2-1-3-5-6/h8,10,12-14H,2-7,11H2,1H3,(H,22,23);1-5H,(H,7,8)/p-1. The van der Waals surface area contributed by atoms with Crippen LogP contribution in [-0.2, 0) is 27.0 Å². The van der Waals surface area contributed by atoms with E-state index in [0.717, 1.165) is 53.6 Å². The Balaban J connectivity index is 0.000000286. The van der Waals surface area contributed by atoms with Gasteiger partial charge < -0.3 is 18.8 Å². The number of benzene rings is 1. The number of rotatable bonds is 6. The van der Waals surface area contributed by atoms with E-state index < -0.39 is 11.1 Å². The summed E-state index contributed by atoms with van der Waals surface area (Å²) >= 11 is -2.08. The van der Waals surface area contributed by atoms with E-state index in [9.17, 15) is 13.6 Å². The van der Waals surface area contributed by atoms with E-state index in [-0.39, 0.29) is 18.4 Å². The second-order valence-electron chi connectivity index (χ2n) is 8.70. The molecule has 3 heterocycles. The SMILES string of the molecule is CCOC(=O)Cc1nc2cnc3[nH]ccc3c2n1C1CCC(CC#N)CC1.O=S([O-])c1ccccc1. The first-order valence-electron chi connectivity index (χ1n) is 12.0. The van der Waals surface area contributed by atoms with Crippen LogP contribution in [0.25, 0.3) is 22.1 Å². The van der Waals surface area contributed by atoms with Crippen LogP contribution in [0, 0.1) is 17.2 Å². The third-order valence-electron chi connectivity index (χ3n) is 6.41. The number of carbonyl (C=O) groups is 1. The zero-order valence-corrected chi connectivity index (χ0v) is 20.9. The molecule has 0 spiro atoms. The van der Waals surface area contributed by atoms with Crippen molar-refractivity contribution in [1.82, 2.24) is 19.5 Å². The molecule has 36 heavy (non-hydrogen) atoms. The van der Waals surface area contributed by atoms with Crippen LogP contribution in [0.3, 0.4) is 0 Å². The van der Waals surface area contributed by atoms with Crippen molar-refractivity contribution in [2.24, 2.45) is 5.92 Å². The Kier molecular flexibility index (Phi) is 8.46. The number of fused-ring (bicyclic) bond motifs is 3. The smallest absolute Gasteiger partial charge is 0.313 e. The first kappa shape index (κ1) is 25.5. The van der Waals surface area contributed by atoms with E-state index in [1.54, 1.807) is 36.5 Å². The van der Waals surface area contributed by atoms with Crippen LogP contribution in [0.4, 0.5) is 0 Å². The number of aromatic nitrogens is 4. The Bertz CT molecular complexity index is 1380. The molecule has 0 radical (unpaired) electrons. The van der Waals surface area contributed by atoms with Crippen LogP contribution in [0.1, 0.15) is 50.9 Å². The summed E-state index contributed by atoms with van der Waals surface area (Å²) in [6, 6.07) is 12.8. The Labute approximate surface area is 211 Å². The number of nitrogens with one attached hydrogen (secondary N) is 1. The largest absolute Gasteiger partial charge is 0.768 e. The summed E-state index contributed by atoms with van der Waals surface area (Å²) in [4.78, 5) is 24.8. The molecule has 4 aromatic rings. The van der Waals surface area contributed by atoms with E-state index in [0.29, 0.717) is 23.8 Å². The number of esters is 1. The second kappa shape index (κ2) is 11.9. The van der Waals surface area contributed by atoms with E-state index in [4.69, 9.17) is 15.0 Å². The van der Waals surface area contributed by atoms with E-state index in [2.05, 4.69) is 20.6 Å². The lowest BCUT2D eigenvalue weighted by Crippen LogP contribution is -2.21. The molecule has 3 aromatic heterocycles. The van der Waals surface area contributed by atoms with Gasteiger partial charge in [-0.15, -0.1) is 0 Å². The van der Waals surface area contributed by atoms with Crippen LogP contribution in [-0.4, -0.2) is 40.9 Å². The second-order valence-corrected chi connectivity index (χ2v) is 9.64. The molecule has 0 saturated heterocycles. The lowest BCUT2D eigenvalue weighted by Gasteiger charge is -2.29. The van der Waals surface area contributed by atoms with E-state index in [1.807, 2.05) is 19.2 Å². The maximum Gasteiger partial charge on any atom is 0.313 e. The summed E-state index contributed by atoms with van der Waals surface area (Å²) in [5.41, 5.74) is 2.66. The molecule has 0 bridgehead atoms. The normalized spacial score (nSPS) is 18.2. The average Bonchev–Trinajstić information content (AvgIpc) is 3.50. The number of hydrogen-bond acceptors (Lipinski definition) is 7. The van der Waals surface area contributed by atoms with Crippen LogP contribution in [0.2, 0.25) is 0 Å². The Hall–Kier alpha value is -3.55. The van der Waals surface area contributed by atoms with Crippen molar-refractivity contribution >= 4 is 39.1 Å². The van der Waals surface area contributed by atoms with Crippen molar-refractivity contribution in [1.29, 1.82) is 5.26 Å². The van der Waals surface area contributed by atoms with Crippen LogP contribution >= 0.6 is 0 Å². The minimum Gasteiger partial charge on any atom is -0.768 e. The fourth-order valence-corrected chi connectivity index (χ4v) is 5.15. The molecule has 10 heteroatoms. The number of hydrogen-bond donors (Lipinski definition) is 1. The van der Waals surface area contributed by atoms with Gasteiger partial charge in [0.15, 0.2) is 0 Å². The van der Waals surface area contributed by atoms with Gasteiger partial charge in [0.25, 0.3) is 0 Å². The van der Waals surface area contributed by atoms with Gasteiger partial charge in [-0.2, -0.15) is 5.26 Å². The van der Waals surface area contributed by atoms with Crippen molar-refractivity contribution in [3.8, 4) is 6.07 Å². The number of nitriles is 1. The highest BCUT2D eigenvalue weighted by Crippen LogP contribution is 2.38. The molecule has 188 valence electrons. The van der Waals surface area contributed by atoms with Crippen molar-refractivity contribution in [3.63, 3.8) is 0 Å². The predicted molar refractivity (Wildman–Crippen MR) is 135 cm³/mol. The van der Waals surface area contributed by atoms with Crippen LogP contribution in [0.15, 0.2) is 53.7 Å². The van der Waals surface area contributed by atoms with E-state index in [1.165, 1.54) is 0 Å². The van der Waals surface area contributed by atoms with Gasteiger partial charge in [0.2, 0.25) is 0 Å². The number of aromatic amines is 1. The number of pyridine rings is 1. The molecule has 0 amide bonds. The minimum absolute atomic E-state index is 0.159. The van der Waals surface area contributed by atoms with Crippen LogP contribution in [0.5, 0.6) is 0 Å². The van der Waals surface area contributed by atoms with Gasteiger partial charge in [-0.3, -0.25) is 9.00 Å². The van der Waals surface area contributed by atoms with Gasteiger partial charge in [-0.05, 0) is 67.8 Å². The van der Waals surface area contributed by atoms with E-state index >= 15 is 0 Å². The molecule has 1 aromatic carbocycles. The molecule has 0 aliphatic heterocycles. The Morgan fingerprint density at radius 2 is 2.00 bits per heavy atom. The highest BCUT2D eigenvalue weighted by atomic mass is 32.2. The summed E-state index contributed by atoms with van der Waals surface area (Å²) < 4.78 is 27.8. The topological polar surface area (TPSA) is 137 Å². The molecule has 9 nitrogen and oxygen atoms in total. The summed E-state index contributed by atoms with van der Waals surface area (Å²) in [5, 5.41) is 9.99. The molecule has 1 unspecified atom stereocenters. The van der Waals surface area contributed by atoms with Gasteiger partial charge in [-0.1, -0.05) is 18.2 Å². The number of nitrogens with zero attached hydrogens (tertiary/aromatic N) is 4. The molecule has 1 N–H and O–H groups in total. The zero-order valence-electron chi connectivity index (χ0n) is 20.1. The highest BCUT2D eigenvalue weighted by Gasteiger charge is 2.27. The average molecular weight is 507 g/mol. The predicted octanol–water partition coefficient (Wildman–Crippen LogP) is 4.59. The summed E-state index contributed by atoms with van der Waals surface area (Å²) in [7, 11) is 0. The van der Waals surface area contributed by atoms with Gasteiger partial charge >= 0.3 is 5.97 Å². The molecule has 1 fully saturated rings. The molecule has 5 rings (SSSR count). The van der Waals surface area contributed by atoms with Crippen molar-refractivity contribution in [2.45, 2.75) is 56.4 Å². The highest BCUT2D eigenvalue weighted by molar-refractivity contribution is 7.79. The maximum absolute atomic E-state index is 12.1. The van der Waals surface area contributed by atoms with Gasteiger partial charge in [-0.25, -0.2) is 9.97 Å². The number of ether oxygens (including phenoxy) is 1. The molecular weight excluding hydrogens is 478 g/mol. The Morgan fingerprint density at radius 1 is 1.25 bits per heavy atom. The first-order valence-corrected chi connectivity index (χ1v) is 13.1. The summed E-state index contributed by atoms with van der Waals surface area (Å²) in [5.74, 6) is 0.955. The fourth-order valence-electron chi connectivity index (χ4n) is 4.77. The molecule has 1 aliphatic carbocycles. The molecule has 1 aliphatic rings. The van der Waals surface area contributed by atoms with Crippen molar-refractivity contribution in [3.05, 3.63) is 54.6 Å². The lowest BCUT2D eigenvalue weighted by molar-refractivity contribution is -0.142. The van der Waals surface area contributed by atoms with Crippen molar-refractivity contribution in [2.75, 3.05) is 6.61 Å². The number of H-pyrrole nitrogens is 1. The molecular formula is C26H28N5O4S-. The summed E-state index contributed by atoms with van der Waals surface area (Å²) in [6.07, 6.45) is 8.45. The maximum atomic E-state index is 12.1. The van der Waals surface area contributed by atoms with Gasteiger partial charge in [0, 0.05) is 28.9 Å².